The minimum atomic E-state index is -0.863. The van der Waals surface area contributed by atoms with E-state index in [0.29, 0.717) is 18.5 Å². The molecule has 0 bridgehead atoms. The van der Waals surface area contributed by atoms with Crippen molar-refractivity contribution < 1.29 is 18.3 Å². The lowest BCUT2D eigenvalue weighted by atomic mass is 10.1. The number of benzene rings is 1. The number of hydrogen-bond donors (Lipinski definition) is 0. The summed E-state index contributed by atoms with van der Waals surface area (Å²) in [5.74, 6) is -1.59. The number of piperidine rings is 1. The smallest absolute Gasteiger partial charge is 0.222 e. The number of carbonyl (C=O) groups excluding carboxylic acids is 1. The van der Waals surface area contributed by atoms with E-state index in [1.165, 1.54) is 6.07 Å². The van der Waals surface area contributed by atoms with Crippen LogP contribution in [0.5, 0.6) is 0 Å². The van der Waals surface area contributed by atoms with Crippen molar-refractivity contribution in [3.05, 3.63) is 35.4 Å². The van der Waals surface area contributed by atoms with Gasteiger partial charge in [-0.1, -0.05) is 13.0 Å². The summed E-state index contributed by atoms with van der Waals surface area (Å²) in [6, 6.07) is 3.76. The van der Waals surface area contributed by atoms with Crippen LogP contribution in [0, 0.1) is 11.6 Å². The topological polar surface area (TPSA) is 29.5 Å². The van der Waals surface area contributed by atoms with Gasteiger partial charge >= 0.3 is 0 Å². The van der Waals surface area contributed by atoms with Crippen LogP contribution in [0.2, 0.25) is 0 Å². The van der Waals surface area contributed by atoms with Crippen LogP contribution in [0.25, 0.3) is 0 Å². The molecule has 1 aliphatic rings. The summed E-state index contributed by atoms with van der Waals surface area (Å²) in [7, 11) is 0. The van der Waals surface area contributed by atoms with Gasteiger partial charge in [0.05, 0.1) is 12.7 Å². The van der Waals surface area contributed by atoms with E-state index in [9.17, 15) is 13.6 Å². The first-order valence-corrected chi connectivity index (χ1v) is 6.93. The highest BCUT2D eigenvalue weighted by Crippen LogP contribution is 2.17. The number of halogens is 2. The lowest BCUT2D eigenvalue weighted by Crippen LogP contribution is -2.42. The van der Waals surface area contributed by atoms with Gasteiger partial charge in [0.2, 0.25) is 5.91 Å². The van der Waals surface area contributed by atoms with Gasteiger partial charge in [0.15, 0.2) is 11.6 Å². The van der Waals surface area contributed by atoms with Crippen LogP contribution >= 0.6 is 0 Å². The van der Waals surface area contributed by atoms with Crippen molar-refractivity contribution in [2.45, 2.75) is 38.9 Å². The van der Waals surface area contributed by atoms with E-state index in [0.717, 1.165) is 31.5 Å². The van der Waals surface area contributed by atoms with Gasteiger partial charge in [0.25, 0.3) is 0 Å². The number of rotatable bonds is 4. The largest absolute Gasteiger partial charge is 0.372 e. The zero-order valence-corrected chi connectivity index (χ0v) is 11.6. The van der Waals surface area contributed by atoms with Gasteiger partial charge in [-0.25, -0.2) is 8.78 Å². The fourth-order valence-corrected chi connectivity index (χ4v) is 2.37. The summed E-state index contributed by atoms with van der Waals surface area (Å²) in [4.78, 5) is 13.5. The van der Waals surface area contributed by atoms with E-state index in [1.807, 2.05) is 6.92 Å². The first kappa shape index (κ1) is 14.9. The molecule has 0 spiro atoms. The first-order valence-electron chi connectivity index (χ1n) is 6.93. The lowest BCUT2D eigenvalue weighted by molar-refractivity contribution is -0.135. The molecule has 3 nitrogen and oxygen atoms in total. The maximum absolute atomic E-state index is 13.1. The molecule has 0 aliphatic carbocycles. The molecule has 0 radical (unpaired) electrons. The van der Waals surface area contributed by atoms with Crippen LogP contribution in [0.4, 0.5) is 8.78 Å². The lowest BCUT2D eigenvalue weighted by Gasteiger charge is -2.32. The Morgan fingerprint density at radius 3 is 2.90 bits per heavy atom. The van der Waals surface area contributed by atoms with E-state index in [2.05, 4.69) is 0 Å². The highest BCUT2D eigenvalue weighted by molar-refractivity contribution is 5.75. The van der Waals surface area contributed by atoms with E-state index >= 15 is 0 Å². The second-order valence-corrected chi connectivity index (χ2v) is 5.02. The molecule has 5 heteroatoms. The summed E-state index contributed by atoms with van der Waals surface area (Å²) in [5.41, 5.74) is 0.600. The molecule has 1 aromatic carbocycles. The summed E-state index contributed by atoms with van der Waals surface area (Å²) in [5, 5.41) is 0. The fourth-order valence-electron chi connectivity index (χ4n) is 2.37. The highest BCUT2D eigenvalue weighted by Gasteiger charge is 2.23. The number of amides is 1. The molecule has 1 aliphatic heterocycles. The van der Waals surface area contributed by atoms with Crippen molar-refractivity contribution in [3.8, 4) is 0 Å². The van der Waals surface area contributed by atoms with Crippen LogP contribution < -0.4 is 0 Å². The molecule has 0 aromatic heterocycles. The fraction of sp³-hybridized carbons (Fsp3) is 0.533. The molecule has 110 valence electrons. The average molecular weight is 283 g/mol. The minimum Gasteiger partial charge on any atom is -0.372 e. The van der Waals surface area contributed by atoms with Gasteiger partial charge in [0, 0.05) is 19.5 Å². The summed E-state index contributed by atoms with van der Waals surface area (Å²) in [6.07, 6.45) is 2.26. The standard InChI is InChI=1S/C15H19F2NO2/c1-2-15(19)18-7-3-4-12(9-18)20-10-11-5-6-13(16)14(17)8-11/h5-6,8,12H,2-4,7,9-10H2,1H3. The van der Waals surface area contributed by atoms with Gasteiger partial charge in [-0.3, -0.25) is 4.79 Å². The molecule has 0 saturated carbocycles. The van der Waals surface area contributed by atoms with E-state index < -0.39 is 11.6 Å². The third-order valence-electron chi connectivity index (χ3n) is 3.50. The van der Waals surface area contributed by atoms with Crippen molar-refractivity contribution in [2.24, 2.45) is 0 Å². The predicted molar refractivity (Wildman–Crippen MR) is 71.0 cm³/mol. The second kappa shape index (κ2) is 6.79. The van der Waals surface area contributed by atoms with Gasteiger partial charge in [-0.2, -0.15) is 0 Å². The van der Waals surface area contributed by atoms with Crippen molar-refractivity contribution in [2.75, 3.05) is 13.1 Å². The Bertz CT molecular complexity index is 479. The molecule has 1 fully saturated rings. The normalized spacial score (nSPS) is 19.1. The maximum atomic E-state index is 13.1. The van der Waals surface area contributed by atoms with Crippen molar-refractivity contribution in [1.82, 2.24) is 4.90 Å². The van der Waals surface area contributed by atoms with Crippen molar-refractivity contribution >= 4 is 5.91 Å². The first-order chi connectivity index (χ1) is 9.60. The third kappa shape index (κ3) is 3.76. The van der Waals surface area contributed by atoms with Crippen molar-refractivity contribution in [3.63, 3.8) is 0 Å². The van der Waals surface area contributed by atoms with Gasteiger partial charge in [0.1, 0.15) is 0 Å². The molecule has 0 N–H and O–H groups in total. The summed E-state index contributed by atoms with van der Waals surface area (Å²) < 4.78 is 31.6. The SMILES string of the molecule is CCC(=O)N1CCCC(OCc2ccc(F)c(F)c2)C1. The Kier molecular flexibility index (Phi) is 5.06. The Morgan fingerprint density at radius 2 is 2.20 bits per heavy atom. The predicted octanol–water partition coefficient (Wildman–Crippen LogP) is 2.88. The molecule has 1 heterocycles. The molecular weight excluding hydrogens is 264 g/mol. The number of hydrogen-bond acceptors (Lipinski definition) is 2. The zero-order chi connectivity index (χ0) is 14.5. The van der Waals surface area contributed by atoms with Crippen LogP contribution in [0.3, 0.4) is 0 Å². The Balaban J connectivity index is 1.87. The highest BCUT2D eigenvalue weighted by atomic mass is 19.2. The minimum absolute atomic E-state index is 0.0348. The van der Waals surface area contributed by atoms with E-state index in [1.54, 1.807) is 4.90 Å². The van der Waals surface area contributed by atoms with Crippen LogP contribution in [0.15, 0.2) is 18.2 Å². The number of nitrogens with zero attached hydrogens (tertiary/aromatic N) is 1. The monoisotopic (exact) mass is 283 g/mol. The van der Waals surface area contributed by atoms with Gasteiger partial charge in [-0.05, 0) is 30.5 Å². The molecular formula is C15H19F2NO2. The number of likely N-dealkylation sites (tertiary alicyclic amines) is 1. The number of carbonyl (C=O) groups is 1. The second-order valence-electron chi connectivity index (χ2n) is 5.02. The van der Waals surface area contributed by atoms with E-state index in [4.69, 9.17) is 4.74 Å². The molecule has 1 aromatic rings. The molecule has 1 atom stereocenters. The molecule has 1 unspecified atom stereocenters. The Labute approximate surface area is 117 Å². The molecule has 2 rings (SSSR count). The average Bonchev–Trinajstić information content (AvgIpc) is 2.48. The summed E-state index contributed by atoms with van der Waals surface area (Å²) in [6.45, 7) is 3.43. The third-order valence-corrected chi connectivity index (χ3v) is 3.50. The summed E-state index contributed by atoms with van der Waals surface area (Å²) >= 11 is 0. The van der Waals surface area contributed by atoms with Crippen LogP contribution in [0.1, 0.15) is 31.7 Å². The Hall–Kier alpha value is -1.49. The number of ether oxygens (including phenoxy) is 1. The van der Waals surface area contributed by atoms with Crippen molar-refractivity contribution in [1.29, 1.82) is 0 Å². The Morgan fingerprint density at radius 1 is 1.40 bits per heavy atom. The van der Waals surface area contributed by atoms with Gasteiger partial charge in [-0.15, -0.1) is 0 Å². The van der Waals surface area contributed by atoms with Crippen LogP contribution in [-0.4, -0.2) is 30.0 Å². The molecule has 1 amide bonds. The van der Waals surface area contributed by atoms with E-state index in [-0.39, 0.29) is 18.6 Å². The van der Waals surface area contributed by atoms with Gasteiger partial charge < -0.3 is 9.64 Å². The zero-order valence-electron chi connectivity index (χ0n) is 11.6. The maximum Gasteiger partial charge on any atom is 0.222 e. The quantitative estimate of drug-likeness (QED) is 0.850. The molecule has 20 heavy (non-hydrogen) atoms. The molecule has 1 saturated heterocycles. The van der Waals surface area contributed by atoms with Crippen LogP contribution in [-0.2, 0) is 16.1 Å².